The molecule has 41 heavy (non-hydrogen) atoms. The predicted molar refractivity (Wildman–Crippen MR) is 152 cm³/mol. The summed E-state index contributed by atoms with van der Waals surface area (Å²) in [4.78, 5) is 42.0. The van der Waals surface area contributed by atoms with Gasteiger partial charge in [0.05, 0.1) is 21.3 Å². The summed E-state index contributed by atoms with van der Waals surface area (Å²) >= 11 is 0. The molecule has 0 aliphatic heterocycles. The highest BCUT2D eigenvalue weighted by atomic mass is 16.6. The highest BCUT2D eigenvalue weighted by Gasteiger charge is 2.31. The first kappa shape index (κ1) is 30.9. The quantitative estimate of drug-likeness (QED) is 0.335. The van der Waals surface area contributed by atoms with Crippen LogP contribution in [0.4, 0.5) is 0 Å². The van der Waals surface area contributed by atoms with Gasteiger partial charge in [0, 0.05) is 25.1 Å². The van der Waals surface area contributed by atoms with Crippen LogP contribution in [0.15, 0.2) is 48.7 Å². The highest BCUT2D eigenvalue weighted by molar-refractivity contribution is 5.98. The molecule has 0 spiro atoms. The first-order valence-corrected chi connectivity index (χ1v) is 13.0. The number of amides is 1. The van der Waals surface area contributed by atoms with Crippen molar-refractivity contribution in [2.45, 2.75) is 52.7 Å². The van der Waals surface area contributed by atoms with Crippen molar-refractivity contribution in [2.75, 3.05) is 21.3 Å². The van der Waals surface area contributed by atoms with E-state index < -0.39 is 30.0 Å². The Kier molecular flexibility index (Phi) is 10.3. The Bertz CT molecular complexity index is 1370. The number of aryl methyl sites for hydroxylation is 2. The fourth-order valence-corrected chi connectivity index (χ4v) is 4.51. The molecule has 0 aliphatic carbocycles. The third kappa shape index (κ3) is 7.33. The van der Waals surface area contributed by atoms with E-state index in [0.717, 1.165) is 22.3 Å². The highest BCUT2D eigenvalue weighted by Crippen LogP contribution is 2.37. The van der Waals surface area contributed by atoms with Gasteiger partial charge in [0.15, 0.2) is 11.4 Å². The molecule has 10 heteroatoms. The van der Waals surface area contributed by atoms with E-state index in [2.05, 4.69) is 10.3 Å². The van der Waals surface area contributed by atoms with Gasteiger partial charge in [-0.1, -0.05) is 12.1 Å². The molecule has 3 rings (SSSR count). The summed E-state index contributed by atoms with van der Waals surface area (Å²) in [6.45, 7) is 8.46. The molecule has 3 aromatic rings. The van der Waals surface area contributed by atoms with Crippen LogP contribution < -0.4 is 24.3 Å². The van der Waals surface area contributed by atoms with Gasteiger partial charge < -0.3 is 29.0 Å². The van der Waals surface area contributed by atoms with Crippen molar-refractivity contribution in [3.8, 4) is 23.0 Å². The minimum absolute atomic E-state index is 0.143. The maximum absolute atomic E-state index is 13.3. The number of carbonyl (C=O) groups is 3. The first-order valence-electron chi connectivity index (χ1n) is 13.0. The maximum atomic E-state index is 13.3. The molecule has 1 N–H and O–H groups in total. The van der Waals surface area contributed by atoms with Crippen LogP contribution >= 0.6 is 0 Å². The molecule has 0 radical (unpaired) electrons. The van der Waals surface area contributed by atoms with Crippen LogP contribution in [0.3, 0.4) is 0 Å². The number of nitrogens with zero attached hydrogens (tertiary/aromatic N) is 1. The van der Waals surface area contributed by atoms with Crippen LogP contribution in [0, 0.1) is 13.8 Å². The topological polar surface area (TPSA) is 122 Å². The van der Waals surface area contributed by atoms with Gasteiger partial charge in [0.25, 0.3) is 5.91 Å². The molecule has 0 unspecified atom stereocenters. The summed E-state index contributed by atoms with van der Waals surface area (Å²) in [7, 11) is 4.56. The van der Waals surface area contributed by atoms with Crippen LogP contribution in [0.2, 0.25) is 0 Å². The summed E-state index contributed by atoms with van der Waals surface area (Å²) in [5, 5.41) is 2.58. The van der Waals surface area contributed by atoms with E-state index in [-0.39, 0.29) is 23.1 Å². The van der Waals surface area contributed by atoms with Gasteiger partial charge in [-0.2, -0.15) is 0 Å². The normalized spacial score (nSPS) is 12.2. The molecule has 1 heterocycles. The van der Waals surface area contributed by atoms with Crippen LogP contribution in [0.25, 0.3) is 0 Å². The standard InChI is InChI=1S/C31H36N2O8/c1-17-9-11-22(37-6)15-24(17)27(25-16-23(38-7)12-10-18(25)2)20(4)40-31(36)19(3)33-30(35)28-29(41-21(5)34)26(39-8)13-14-32-28/h9-16,19-20,27H,1-8H3,(H,33,35)/t19-,20-/m0/s1. The number of benzene rings is 2. The SMILES string of the molecule is COc1ccc(C)c(C(c2cc(OC)ccc2C)[C@H](C)OC(=O)[C@H](C)NC(=O)c2nccc(OC)c2OC(C)=O)c1. The summed E-state index contributed by atoms with van der Waals surface area (Å²) in [5.74, 6) is -1.07. The third-order valence-electron chi connectivity index (χ3n) is 6.66. The second kappa shape index (κ2) is 13.6. The molecule has 10 nitrogen and oxygen atoms in total. The lowest BCUT2D eigenvalue weighted by Gasteiger charge is -2.29. The number of esters is 2. The molecular weight excluding hydrogens is 528 g/mol. The fraction of sp³-hybridized carbons (Fsp3) is 0.355. The van der Waals surface area contributed by atoms with Gasteiger partial charge in [0.1, 0.15) is 23.6 Å². The Morgan fingerprint density at radius 2 is 1.39 bits per heavy atom. The summed E-state index contributed by atoms with van der Waals surface area (Å²) < 4.78 is 27.3. The van der Waals surface area contributed by atoms with Crippen molar-refractivity contribution in [2.24, 2.45) is 0 Å². The molecule has 0 aliphatic rings. The smallest absolute Gasteiger partial charge is 0.328 e. The van der Waals surface area contributed by atoms with Crippen LogP contribution in [0.1, 0.15) is 59.4 Å². The fourth-order valence-electron chi connectivity index (χ4n) is 4.51. The van der Waals surface area contributed by atoms with Gasteiger partial charge in [-0.05, 0) is 74.2 Å². The maximum Gasteiger partial charge on any atom is 0.328 e. The Labute approximate surface area is 239 Å². The van der Waals surface area contributed by atoms with Crippen molar-refractivity contribution in [1.29, 1.82) is 0 Å². The van der Waals surface area contributed by atoms with Gasteiger partial charge in [0.2, 0.25) is 5.75 Å². The lowest BCUT2D eigenvalue weighted by molar-refractivity contribution is -0.150. The van der Waals surface area contributed by atoms with Crippen molar-refractivity contribution < 1.29 is 38.1 Å². The average molecular weight is 565 g/mol. The van der Waals surface area contributed by atoms with Gasteiger partial charge >= 0.3 is 11.9 Å². The van der Waals surface area contributed by atoms with Crippen LogP contribution in [-0.4, -0.2) is 56.3 Å². The van der Waals surface area contributed by atoms with Crippen molar-refractivity contribution >= 4 is 17.8 Å². The Morgan fingerprint density at radius 3 is 1.88 bits per heavy atom. The number of aromatic nitrogens is 1. The van der Waals surface area contributed by atoms with Gasteiger partial charge in [-0.25, -0.2) is 9.78 Å². The lowest BCUT2D eigenvalue weighted by atomic mass is 9.82. The second-order valence-corrected chi connectivity index (χ2v) is 9.54. The van der Waals surface area contributed by atoms with E-state index in [9.17, 15) is 14.4 Å². The first-order chi connectivity index (χ1) is 19.5. The zero-order valence-electron chi connectivity index (χ0n) is 24.6. The Balaban J connectivity index is 1.90. The molecule has 1 aromatic heterocycles. The predicted octanol–water partition coefficient (Wildman–Crippen LogP) is 4.53. The van der Waals surface area contributed by atoms with E-state index in [0.29, 0.717) is 11.5 Å². The van der Waals surface area contributed by atoms with E-state index in [4.69, 9.17) is 23.7 Å². The summed E-state index contributed by atoms with van der Waals surface area (Å²) in [6, 6.07) is 11.9. The molecule has 1 amide bonds. The number of nitrogens with one attached hydrogen (secondary N) is 1. The van der Waals surface area contributed by atoms with E-state index in [1.54, 1.807) is 21.1 Å². The van der Waals surface area contributed by atoms with Crippen molar-refractivity contribution in [1.82, 2.24) is 10.3 Å². The van der Waals surface area contributed by atoms with Crippen LogP contribution in [-0.2, 0) is 14.3 Å². The number of ether oxygens (including phenoxy) is 5. The van der Waals surface area contributed by atoms with Gasteiger partial charge in [-0.15, -0.1) is 0 Å². The minimum atomic E-state index is -1.05. The number of hydrogen-bond acceptors (Lipinski definition) is 9. The van der Waals surface area contributed by atoms with E-state index in [1.165, 1.54) is 33.2 Å². The largest absolute Gasteiger partial charge is 0.497 e. The molecule has 218 valence electrons. The molecule has 2 aromatic carbocycles. The lowest BCUT2D eigenvalue weighted by Crippen LogP contribution is -2.42. The Hall–Kier alpha value is -4.60. The number of carbonyl (C=O) groups excluding carboxylic acids is 3. The number of rotatable bonds is 11. The number of methoxy groups -OCH3 is 3. The van der Waals surface area contributed by atoms with Crippen molar-refractivity contribution in [3.05, 3.63) is 76.6 Å². The van der Waals surface area contributed by atoms with Crippen LogP contribution in [0.5, 0.6) is 23.0 Å². The third-order valence-corrected chi connectivity index (χ3v) is 6.66. The summed E-state index contributed by atoms with van der Waals surface area (Å²) in [5.41, 5.74) is 3.62. The molecule has 0 bridgehead atoms. The molecule has 2 atom stereocenters. The summed E-state index contributed by atoms with van der Waals surface area (Å²) in [6.07, 6.45) is 0.689. The zero-order valence-corrected chi connectivity index (χ0v) is 24.6. The molecular formula is C31H36N2O8. The van der Waals surface area contributed by atoms with E-state index in [1.807, 2.05) is 50.2 Å². The number of pyridine rings is 1. The Morgan fingerprint density at radius 1 is 0.829 bits per heavy atom. The zero-order chi connectivity index (χ0) is 30.3. The minimum Gasteiger partial charge on any atom is -0.497 e. The monoisotopic (exact) mass is 564 g/mol. The number of hydrogen-bond donors (Lipinski definition) is 1. The molecule has 0 saturated heterocycles. The average Bonchev–Trinajstić information content (AvgIpc) is 2.94. The molecule has 0 fully saturated rings. The van der Waals surface area contributed by atoms with E-state index >= 15 is 0 Å². The van der Waals surface area contributed by atoms with Crippen molar-refractivity contribution in [3.63, 3.8) is 0 Å². The van der Waals surface area contributed by atoms with Gasteiger partial charge in [-0.3, -0.25) is 9.59 Å². The second-order valence-electron chi connectivity index (χ2n) is 9.54. The molecule has 0 saturated carbocycles.